The van der Waals surface area contributed by atoms with Gasteiger partial charge in [0.25, 0.3) is 5.22 Å². The predicted octanol–water partition coefficient (Wildman–Crippen LogP) is 2.93. The zero-order chi connectivity index (χ0) is 18.6. The molecule has 1 aliphatic heterocycles. The fraction of sp³-hybridized carbons (Fsp3) is 0.294. The molecule has 0 atom stereocenters. The molecule has 2 aromatic heterocycles. The summed E-state index contributed by atoms with van der Waals surface area (Å²) in [6.45, 7) is 2.98. The van der Waals surface area contributed by atoms with Gasteiger partial charge in [0, 0.05) is 17.1 Å². The second-order valence-corrected chi connectivity index (χ2v) is 7.68. The minimum absolute atomic E-state index is 0.159. The third-order valence-electron chi connectivity index (χ3n) is 3.60. The van der Waals surface area contributed by atoms with Crippen LogP contribution in [0.2, 0.25) is 0 Å². The molecule has 4 rings (SSSR count). The molecule has 0 saturated carbocycles. The monoisotopic (exact) mass is 404 g/mol. The molecule has 10 heteroatoms. The summed E-state index contributed by atoms with van der Waals surface area (Å²) in [5, 5.41) is 14.1. The second kappa shape index (κ2) is 7.97. The Labute approximate surface area is 163 Å². The SMILES string of the molecule is Cc1nc(Cc2nnc(SCC(=O)Nc3ccc4c(c3)OCCO4)o2)cs1. The van der Waals surface area contributed by atoms with E-state index >= 15 is 0 Å². The molecule has 0 spiro atoms. The number of thiazole rings is 1. The van der Waals surface area contributed by atoms with E-state index in [0.717, 1.165) is 10.7 Å². The maximum absolute atomic E-state index is 12.2. The molecular weight excluding hydrogens is 388 g/mol. The van der Waals surface area contributed by atoms with E-state index in [1.807, 2.05) is 12.3 Å². The standard InChI is InChI=1S/C17H16N4O4S2/c1-10-18-12(8-26-10)7-16-20-21-17(25-16)27-9-15(22)19-11-2-3-13-14(6-11)24-5-4-23-13/h2-3,6,8H,4-5,7,9H2,1H3,(H,19,22). The Morgan fingerprint density at radius 1 is 1.26 bits per heavy atom. The van der Waals surface area contributed by atoms with Gasteiger partial charge in [-0.15, -0.1) is 21.5 Å². The van der Waals surface area contributed by atoms with Crippen LogP contribution >= 0.6 is 23.1 Å². The first-order chi connectivity index (χ1) is 13.2. The molecule has 0 saturated heterocycles. The average molecular weight is 404 g/mol. The highest BCUT2D eigenvalue weighted by Gasteiger charge is 2.14. The number of thioether (sulfide) groups is 1. The Morgan fingerprint density at radius 2 is 2.11 bits per heavy atom. The summed E-state index contributed by atoms with van der Waals surface area (Å²) in [4.78, 5) is 16.5. The Balaban J connectivity index is 1.29. The minimum atomic E-state index is -0.174. The Bertz CT molecular complexity index is 956. The summed E-state index contributed by atoms with van der Waals surface area (Å²) < 4.78 is 16.5. The van der Waals surface area contributed by atoms with E-state index in [-0.39, 0.29) is 11.7 Å². The highest BCUT2D eigenvalue weighted by atomic mass is 32.2. The van der Waals surface area contributed by atoms with Crippen LogP contribution in [-0.4, -0.2) is 40.1 Å². The van der Waals surface area contributed by atoms with Gasteiger partial charge in [-0.3, -0.25) is 4.79 Å². The zero-order valence-electron chi connectivity index (χ0n) is 14.4. The van der Waals surface area contributed by atoms with Crippen molar-refractivity contribution in [2.45, 2.75) is 18.6 Å². The number of fused-ring (bicyclic) bond motifs is 1. The smallest absolute Gasteiger partial charge is 0.277 e. The van der Waals surface area contributed by atoms with Crippen molar-refractivity contribution in [3.05, 3.63) is 40.2 Å². The summed E-state index contributed by atoms with van der Waals surface area (Å²) in [5.74, 6) is 1.78. The summed E-state index contributed by atoms with van der Waals surface area (Å²) in [5.41, 5.74) is 1.55. The van der Waals surface area contributed by atoms with Crippen molar-refractivity contribution in [2.75, 3.05) is 24.3 Å². The topological polar surface area (TPSA) is 99.4 Å². The number of nitrogens with one attached hydrogen (secondary N) is 1. The lowest BCUT2D eigenvalue weighted by Gasteiger charge is -2.18. The molecule has 3 heterocycles. The molecule has 1 N–H and O–H groups in total. The molecule has 1 amide bonds. The summed E-state index contributed by atoms with van der Waals surface area (Å²) in [6.07, 6.45) is 0.487. The third-order valence-corrected chi connectivity index (χ3v) is 5.24. The molecule has 1 aromatic carbocycles. The van der Waals surface area contributed by atoms with Crippen molar-refractivity contribution >= 4 is 34.7 Å². The van der Waals surface area contributed by atoms with Gasteiger partial charge in [-0.1, -0.05) is 11.8 Å². The van der Waals surface area contributed by atoms with E-state index in [4.69, 9.17) is 13.9 Å². The van der Waals surface area contributed by atoms with Crippen LogP contribution < -0.4 is 14.8 Å². The van der Waals surface area contributed by atoms with Crippen LogP contribution in [0, 0.1) is 6.92 Å². The van der Waals surface area contributed by atoms with Gasteiger partial charge in [0.05, 0.1) is 22.9 Å². The second-order valence-electron chi connectivity index (χ2n) is 5.69. The number of anilines is 1. The van der Waals surface area contributed by atoms with Gasteiger partial charge in [0.15, 0.2) is 11.5 Å². The Kier molecular flexibility index (Phi) is 5.26. The number of carbonyl (C=O) groups excluding carboxylic acids is 1. The van der Waals surface area contributed by atoms with Gasteiger partial charge in [-0.2, -0.15) is 0 Å². The molecule has 3 aromatic rings. The highest BCUT2D eigenvalue weighted by Crippen LogP contribution is 2.32. The fourth-order valence-electron chi connectivity index (χ4n) is 2.46. The van der Waals surface area contributed by atoms with Crippen molar-refractivity contribution in [2.24, 2.45) is 0 Å². The zero-order valence-corrected chi connectivity index (χ0v) is 16.1. The maximum Gasteiger partial charge on any atom is 0.277 e. The molecule has 1 aliphatic rings. The molecule has 8 nitrogen and oxygen atoms in total. The van der Waals surface area contributed by atoms with E-state index in [1.54, 1.807) is 29.5 Å². The maximum atomic E-state index is 12.2. The number of nitrogens with zero attached hydrogens (tertiary/aromatic N) is 3. The van der Waals surface area contributed by atoms with E-state index in [9.17, 15) is 4.79 Å². The molecule has 0 fully saturated rings. The summed E-state index contributed by atoms with van der Waals surface area (Å²) in [6, 6.07) is 5.30. The molecule has 0 radical (unpaired) electrons. The summed E-state index contributed by atoms with van der Waals surface area (Å²) in [7, 11) is 0. The van der Waals surface area contributed by atoms with Gasteiger partial charge in [-0.05, 0) is 19.1 Å². The largest absolute Gasteiger partial charge is 0.486 e. The molecular formula is C17H16N4O4S2. The van der Waals surface area contributed by atoms with Crippen molar-refractivity contribution in [3.8, 4) is 11.5 Å². The normalized spacial score (nSPS) is 12.8. The lowest BCUT2D eigenvalue weighted by molar-refractivity contribution is -0.113. The lowest BCUT2D eigenvalue weighted by Crippen LogP contribution is -2.17. The van der Waals surface area contributed by atoms with Gasteiger partial charge in [0.2, 0.25) is 11.8 Å². The molecule has 0 bridgehead atoms. The number of rotatable bonds is 6. The number of aromatic nitrogens is 3. The van der Waals surface area contributed by atoms with Gasteiger partial charge >= 0.3 is 0 Å². The van der Waals surface area contributed by atoms with E-state index in [2.05, 4.69) is 20.5 Å². The van der Waals surface area contributed by atoms with E-state index in [1.165, 1.54) is 11.8 Å². The first-order valence-corrected chi connectivity index (χ1v) is 10.1. The number of hydrogen-bond acceptors (Lipinski definition) is 9. The number of hydrogen-bond donors (Lipinski definition) is 1. The number of amides is 1. The van der Waals surface area contributed by atoms with Gasteiger partial charge < -0.3 is 19.2 Å². The fourth-order valence-corrected chi connectivity index (χ4v) is 3.65. The number of aryl methyl sites for hydroxylation is 1. The summed E-state index contributed by atoms with van der Waals surface area (Å²) >= 11 is 2.77. The lowest BCUT2D eigenvalue weighted by atomic mass is 10.2. The number of carbonyl (C=O) groups is 1. The van der Waals surface area contributed by atoms with Crippen LogP contribution in [0.5, 0.6) is 11.5 Å². The highest BCUT2D eigenvalue weighted by molar-refractivity contribution is 7.99. The van der Waals surface area contributed by atoms with Crippen LogP contribution in [0.4, 0.5) is 5.69 Å². The quantitative estimate of drug-likeness (QED) is 0.626. The van der Waals surface area contributed by atoms with Crippen LogP contribution in [0.15, 0.2) is 33.2 Å². The van der Waals surface area contributed by atoms with Crippen LogP contribution in [0.1, 0.15) is 16.6 Å². The van der Waals surface area contributed by atoms with Crippen LogP contribution in [0.25, 0.3) is 0 Å². The van der Waals surface area contributed by atoms with E-state index in [0.29, 0.717) is 47.9 Å². The van der Waals surface area contributed by atoms with E-state index < -0.39 is 0 Å². The number of benzene rings is 1. The first-order valence-electron chi connectivity index (χ1n) is 8.21. The Morgan fingerprint density at radius 3 is 2.93 bits per heavy atom. The predicted molar refractivity (Wildman–Crippen MR) is 101 cm³/mol. The molecule has 27 heavy (non-hydrogen) atoms. The minimum Gasteiger partial charge on any atom is -0.486 e. The first kappa shape index (κ1) is 17.8. The molecule has 140 valence electrons. The van der Waals surface area contributed by atoms with Crippen molar-refractivity contribution < 1.29 is 18.7 Å². The van der Waals surface area contributed by atoms with Crippen molar-refractivity contribution in [1.82, 2.24) is 15.2 Å². The molecule has 0 aliphatic carbocycles. The molecule has 0 unspecified atom stereocenters. The number of ether oxygens (including phenoxy) is 2. The van der Waals surface area contributed by atoms with Crippen LogP contribution in [-0.2, 0) is 11.2 Å². The van der Waals surface area contributed by atoms with Crippen molar-refractivity contribution in [1.29, 1.82) is 0 Å². The van der Waals surface area contributed by atoms with Gasteiger partial charge in [-0.25, -0.2) is 4.98 Å². The third kappa shape index (κ3) is 4.58. The van der Waals surface area contributed by atoms with Gasteiger partial charge in [0.1, 0.15) is 13.2 Å². The Hall–Kier alpha value is -2.59. The van der Waals surface area contributed by atoms with Crippen molar-refractivity contribution in [3.63, 3.8) is 0 Å². The average Bonchev–Trinajstić information content (AvgIpc) is 3.29. The van der Waals surface area contributed by atoms with Crippen LogP contribution in [0.3, 0.4) is 0 Å².